The van der Waals surface area contributed by atoms with E-state index in [4.69, 9.17) is 4.42 Å². The Morgan fingerprint density at radius 2 is 2.12 bits per heavy atom. The molecule has 2 aromatic heterocycles. The van der Waals surface area contributed by atoms with Crippen molar-refractivity contribution in [3.63, 3.8) is 0 Å². The predicted molar refractivity (Wildman–Crippen MR) is 97.0 cm³/mol. The molecular formula is C19H19N3O2S. The van der Waals surface area contributed by atoms with Gasteiger partial charge in [0.15, 0.2) is 0 Å². The van der Waals surface area contributed by atoms with Crippen LogP contribution in [0.25, 0.3) is 10.8 Å². The van der Waals surface area contributed by atoms with E-state index in [0.717, 1.165) is 22.7 Å². The van der Waals surface area contributed by atoms with Crippen LogP contribution in [0.5, 0.6) is 0 Å². The van der Waals surface area contributed by atoms with Gasteiger partial charge in [-0.3, -0.25) is 9.69 Å². The van der Waals surface area contributed by atoms with E-state index in [2.05, 4.69) is 27.3 Å². The number of rotatable bonds is 4. The minimum absolute atomic E-state index is 0.0468. The SMILES string of the molecule is O=C1CC(c2ccccc2)N(Cc2coc(-c3cccs3)n2)CCN1. The van der Waals surface area contributed by atoms with E-state index in [9.17, 15) is 4.79 Å². The van der Waals surface area contributed by atoms with Gasteiger partial charge in [-0.2, -0.15) is 0 Å². The smallest absolute Gasteiger partial charge is 0.236 e. The first-order valence-electron chi connectivity index (χ1n) is 8.33. The monoisotopic (exact) mass is 353 g/mol. The van der Waals surface area contributed by atoms with Crippen molar-refractivity contribution in [2.45, 2.75) is 19.0 Å². The molecule has 0 saturated carbocycles. The third-order valence-corrected chi connectivity index (χ3v) is 5.23. The van der Waals surface area contributed by atoms with Crippen molar-refractivity contribution in [1.29, 1.82) is 0 Å². The molecule has 1 unspecified atom stereocenters. The summed E-state index contributed by atoms with van der Waals surface area (Å²) in [5.41, 5.74) is 2.04. The molecule has 1 fully saturated rings. The molecule has 4 rings (SSSR count). The third-order valence-electron chi connectivity index (χ3n) is 4.37. The molecule has 3 aromatic rings. The van der Waals surface area contributed by atoms with E-state index in [1.54, 1.807) is 17.6 Å². The molecule has 25 heavy (non-hydrogen) atoms. The zero-order chi connectivity index (χ0) is 17.1. The third kappa shape index (κ3) is 3.65. The highest BCUT2D eigenvalue weighted by Gasteiger charge is 2.27. The number of carbonyl (C=O) groups is 1. The molecule has 0 aliphatic carbocycles. The average Bonchev–Trinajstić information content (AvgIpc) is 3.28. The van der Waals surface area contributed by atoms with E-state index in [-0.39, 0.29) is 11.9 Å². The van der Waals surface area contributed by atoms with Gasteiger partial charge in [0.05, 0.1) is 10.6 Å². The van der Waals surface area contributed by atoms with Crippen molar-refractivity contribution in [3.8, 4) is 10.8 Å². The van der Waals surface area contributed by atoms with Crippen LogP contribution in [-0.2, 0) is 11.3 Å². The average molecular weight is 353 g/mol. The fourth-order valence-corrected chi connectivity index (χ4v) is 3.82. The summed E-state index contributed by atoms with van der Waals surface area (Å²) in [4.78, 5) is 20.0. The Bertz CT molecular complexity index is 829. The van der Waals surface area contributed by atoms with Crippen LogP contribution in [0.1, 0.15) is 23.7 Å². The van der Waals surface area contributed by atoms with Gasteiger partial charge in [-0.1, -0.05) is 36.4 Å². The molecule has 5 nitrogen and oxygen atoms in total. The van der Waals surface area contributed by atoms with Gasteiger partial charge in [0.1, 0.15) is 6.26 Å². The first kappa shape index (κ1) is 16.1. The molecule has 1 atom stereocenters. The van der Waals surface area contributed by atoms with Crippen LogP contribution in [0, 0.1) is 0 Å². The van der Waals surface area contributed by atoms with Gasteiger partial charge in [0, 0.05) is 32.1 Å². The Kier molecular flexibility index (Phi) is 4.63. The molecule has 0 bridgehead atoms. The topological polar surface area (TPSA) is 58.4 Å². The fraction of sp³-hybridized carbons (Fsp3) is 0.263. The van der Waals surface area contributed by atoms with Gasteiger partial charge in [0.25, 0.3) is 0 Å². The number of nitrogens with zero attached hydrogens (tertiary/aromatic N) is 2. The molecule has 1 aliphatic heterocycles. The maximum absolute atomic E-state index is 12.1. The maximum atomic E-state index is 12.1. The van der Waals surface area contributed by atoms with E-state index >= 15 is 0 Å². The quantitative estimate of drug-likeness (QED) is 0.780. The second-order valence-corrected chi connectivity index (χ2v) is 7.02. The van der Waals surface area contributed by atoms with Crippen LogP contribution in [-0.4, -0.2) is 28.9 Å². The number of hydrogen-bond acceptors (Lipinski definition) is 5. The van der Waals surface area contributed by atoms with Crippen molar-refractivity contribution in [2.75, 3.05) is 13.1 Å². The Morgan fingerprint density at radius 1 is 1.24 bits per heavy atom. The Balaban J connectivity index is 1.57. The predicted octanol–water partition coefficient (Wildman–Crippen LogP) is 3.47. The molecule has 1 saturated heterocycles. The number of nitrogens with one attached hydrogen (secondary N) is 1. The zero-order valence-corrected chi connectivity index (χ0v) is 14.5. The lowest BCUT2D eigenvalue weighted by molar-refractivity contribution is -0.121. The van der Waals surface area contributed by atoms with Crippen molar-refractivity contribution < 1.29 is 9.21 Å². The van der Waals surface area contributed by atoms with Gasteiger partial charge >= 0.3 is 0 Å². The molecular weight excluding hydrogens is 334 g/mol. The number of carbonyl (C=O) groups excluding carboxylic acids is 1. The summed E-state index contributed by atoms with van der Waals surface area (Å²) >= 11 is 1.61. The summed E-state index contributed by atoms with van der Waals surface area (Å²) in [7, 11) is 0. The lowest BCUT2D eigenvalue weighted by Gasteiger charge is -2.28. The number of benzene rings is 1. The molecule has 1 N–H and O–H groups in total. The summed E-state index contributed by atoms with van der Waals surface area (Å²) in [6.07, 6.45) is 2.18. The molecule has 0 spiro atoms. The standard InChI is InChI=1S/C19H19N3O2S/c23-18-11-16(14-5-2-1-3-6-14)22(9-8-20-18)12-15-13-24-19(21-15)17-7-4-10-25-17/h1-7,10,13,16H,8-9,11-12H2,(H,20,23). The highest BCUT2D eigenvalue weighted by molar-refractivity contribution is 7.13. The molecule has 1 aromatic carbocycles. The normalized spacial score (nSPS) is 18.7. The molecule has 1 aliphatic rings. The highest BCUT2D eigenvalue weighted by Crippen LogP contribution is 2.28. The van der Waals surface area contributed by atoms with E-state index in [0.29, 0.717) is 25.4 Å². The van der Waals surface area contributed by atoms with Crippen molar-refractivity contribution in [1.82, 2.24) is 15.2 Å². The van der Waals surface area contributed by atoms with Crippen LogP contribution < -0.4 is 5.32 Å². The number of amides is 1. The van der Waals surface area contributed by atoms with Crippen molar-refractivity contribution >= 4 is 17.2 Å². The van der Waals surface area contributed by atoms with Crippen LogP contribution >= 0.6 is 11.3 Å². The van der Waals surface area contributed by atoms with E-state index in [1.807, 2.05) is 35.7 Å². The van der Waals surface area contributed by atoms with Gasteiger partial charge in [-0.05, 0) is 17.0 Å². The summed E-state index contributed by atoms with van der Waals surface area (Å²) in [5, 5.41) is 4.98. The van der Waals surface area contributed by atoms with Crippen LogP contribution in [0.3, 0.4) is 0 Å². The first-order valence-corrected chi connectivity index (χ1v) is 9.21. The summed E-state index contributed by atoms with van der Waals surface area (Å²) in [5.74, 6) is 0.751. The van der Waals surface area contributed by atoms with Gasteiger partial charge in [-0.25, -0.2) is 4.98 Å². The molecule has 128 valence electrons. The van der Waals surface area contributed by atoms with Crippen molar-refractivity contribution in [2.24, 2.45) is 0 Å². The van der Waals surface area contributed by atoms with E-state index in [1.165, 1.54) is 0 Å². The Labute approximate surface area is 150 Å². The van der Waals surface area contributed by atoms with Crippen LogP contribution in [0.15, 0.2) is 58.5 Å². The molecule has 3 heterocycles. The molecule has 1 amide bonds. The minimum Gasteiger partial charge on any atom is -0.444 e. The van der Waals surface area contributed by atoms with Crippen molar-refractivity contribution in [3.05, 3.63) is 65.4 Å². The summed E-state index contributed by atoms with van der Waals surface area (Å²) in [6, 6.07) is 14.2. The highest BCUT2D eigenvalue weighted by atomic mass is 32.1. The molecule has 0 radical (unpaired) electrons. The second kappa shape index (κ2) is 7.21. The first-order chi connectivity index (χ1) is 12.3. The number of thiophene rings is 1. The lowest BCUT2D eigenvalue weighted by atomic mass is 10.0. The van der Waals surface area contributed by atoms with Crippen LogP contribution in [0.4, 0.5) is 0 Å². The number of hydrogen-bond donors (Lipinski definition) is 1. The van der Waals surface area contributed by atoms with E-state index < -0.39 is 0 Å². The minimum atomic E-state index is 0.0468. The zero-order valence-electron chi connectivity index (χ0n) is 13.7. The van der Waals surface area contributed by atoms with Gasteiger partial charge in [-0.15, -0.1) is 11.3 Å². The largest absolute Gasteiger partial charge is 0.444 e. The Hall–Kier alpha value is -2.44. The Morgan fingerprint density at radius 3 is 2.92 bits per heavy atom. The number of aromatic nitrogens is 1. The van der Waals surface area contributed by atoms with Gasteiger partial charge < -0.3 is 9.73 Å². The summed E-state index contributed by atoms with van der Waals surface area (Å²) in [6.45, 7) is 2.09. The fourth-order valence-electron chi connectivity index (χ4n) is 3.17. The number of oxazole rings is 1. The maximum Gasteiger partial charge on any atom is 0.236 e. The second-order valence-electron chi connectivity index (χ2n) is 6.07. The molecule has 6 heteroatoms. The van der Waals surface area contributed by atoms with Gasteiger partial charge in [0.2, 0.25) is 11.8 Å². The summed E-state index contributed by atoms with van der Waals surface area (Å²) < 4.78 is 5.63. The van der Waals surface area contributed by atoms with Crippen LogP contribution in [0.2, 0.25) is 0 Å². The lowest BCUT2D eigenvalue weighted by Crippen LogP contribution is -2.30.